The van der Waals surface area contributed by atoms with Gasteiger partial charge in [0, 0.05) is 15.8 Å². The van der Waals surface area contributed by atoms with Crippen molar-refractivity contribution < 1.29 is 14.3 Å². The molecule has 1 aliphatic heterocycles. The summed E-state index contributed by atoms with van der Waals surface area (Å²) in [6.07, 6.45) is 0.424. The second kappa shape index (κ2) is 7.64. The van der Waals surface area contributed by atoms with Crippen LogP contribution in [-0.2, 0) is 16.1 Å². The number of hydrogen-bond acceptors (Lipinski definition) is 7. The minimum absolute atomic E-state index is 0.0193. The fourth-order valence-electron chi connectivity index (χ4n) is 3.54. The standard InChI is InChI=1S/C21H16N4O4S2/c22-19(27)15-8-25(13-4-1-2-5-14(13)29-15)17(26)9-24-11-23-20-18(21(24)28)12(10-31-20)16-6-3-7-30-16/h1-7,10-11,15H,8-9H2,(H2,22,27)/t15-/m1/s1. The van der Waals surface area contributed by atoms with Gasteiger partial charge in [0.1, 0.15) is 17.1 Å². The second-order valence-electron chi connectivity index (χ2n) is 6.97. The lowest BCUT2D eigenvalue weighted by molar-refractivity contribution is -0.125. The van der Waals surface area contributed by atoms with Crippen molar-refractivity contribution in [2.75, 3.05) is 11.4 Å². The summed E-state index contributed by atoms with van der Waals surface area (Å²) in [7, 11) is 0. The topological polar surface area (TPSA) is 108 Å². The number of nitrogens with two attached hydrogens (primary N) is 1. The van der Waals surface area contributed by atoms with E-state index in [0.29, 0.717) is 21.7 Å². The van der Waals surface area contributed by atoms with E-state index in [4.69, 9.17) is 10.5 Å². The lowest BCUT2D eigenvalue weighted by atomic mass is 10.1. The molecule has 0 saturated heterocycles. The number of amides is 2. The largest absolute Gasteiger partial charge is 0.477 e. The van der Waals surface area contributed by atoms with Crippen LogP contribution in [0.5, 0.6) is 5.75 Å². The Hall–Kier alpha value is -3.50. The molecule has 3 aromatic heterocycles. The summed E-state index contributed by atoms with van der Waals surface area (Å²) in [4.78, 5) is 45.5. The summed E-state index contributed by atoms with van der Waals surface area (Å²) in [6, 6.07) is 10.8. The first-order valence-electron chi connectivity index (χ1n) is 9.39. The van der Waals surface area contributed by atoms with E-state index in [1.807, 2.05) is 22.9 Å². The highest BCUT2D eigenvalue weighted by molar-refractivity contribution is 7.18. The quantitative estimate of drug-likeness (QED) is 0.512. The van der Waals surface area contributed by atoms with Crippen LogP contribution in [0.2, 0.25) is 0 Å². The molecule has 0 spiro atoms. The second-order valence-corrected chi connectivity index (χ2v) is 8.77. The molecular formula is C21H16N4O4S2. The van der Waals surface area contributed by atoms with E-state index in [2.05, 4.69) is 4.98 Å². The molecule has 0 radical (unpaired) electrons. The number of nitrogens with zero attached hydrogens (tertiary/aromatic N) is 3. The highest BCUT2D eigenvalue weighted by Crippen LogP contribution is 2.34. The molecule has 8 nitrogen and oxygen atoms in total. The molecule has 4 heterocycles. The van der Waals surface area contributed by atoms with Crippen molar-refractivity contribution in [3.63, 3.8) is 0 Å². The minimum atomic E-state index is -0.960. The smallest absolute Gasteiger partial charge is 0.263 e. The Bertz CT molecular complexity index is 1360. The van der Waals surface area contributed by atoms with E-state index in [1.54, 1.807) is 24.3 Å². The summed E-state index contributed by atoms with van der Waals surface area (Å²) in [5.41, 5.74) is 6.48. The van der Waals surface area contributed by atoms with E-state index < -0.39 is 12.0 Å². The molecule has 31 heavy (non-hydrogen) atoms. The van der Waals surface area contributed by atoms with Gasteiger partial charge in [0.15, 0.2) is 6.10 Å². The number of rotatable bonds is 4. The Labute approximate surface area is 184 Å². The van der Waals surface area contributed by atoms with Gasteiger partial charge in [0.2, 0.25) is 5.91 Å². The van der Waals surface area contributed by atoms with Gasteiger partial charge in [-0.05, 0) is 23.6 Å². The van der Waals surface area contributed by atoms with Gasteiger partial charge in [-0.2, -0.15) is 0 Å². The molecule has 1 aromatic carbocycles. The number of benzene rings is 1. The summed E-state index contributed by atoms with van der Waals surface area (Å²) >= 11 is 2.93. The van der Waals surface area contributed by atoms with Crippen LogP contribution in [0.15, 0.2) is 58.3 Å². The van der Waals surface area contributed by atoms with Crippen LogP contribution in [-0.4, -0.2) is 34.0 Å². The highest BCUT2D eigenvalue weighted by atomic mass is 32.1. The van der Waals surface area contributed by atoms with Gasteiger partial charge in [-0.1, -0.05) is 18.2 Å². The number of aromatic nitrogens is 2. The van der Waals surface area contributed by atoms with Crippen LogP contribution >= 0.6 is 22.7 Å². The molecule has 0 aliphatic carbocycles. The summed E-state index contributed by atoms with van der Waals surface area (Å²) in [5.74, 6) is -0.630. The van der Waals surface area contributed by atoms with Crippen molar-refractivity contribution in [3.05, 3.63) is 63.8 Å². The van der Waals surface area contributed by atoms with Crippen molar-refractivity contribution >= 4 is 50.4 Å². The molecule has 0 unspecified atom stereocenters. The fourth-order valence-corrected chi connectivity index (χ4v) is 5.26. The summed E-state index contributed by atoms with van der Waals surface area (Å²) < 4.78 is 6.90. The first-order chi connectivity index (χ1) is 15.0. The van der Waals surface area contributed by atoms with Crippen LogP contribution in [0.3, 0.4) is 0 Å². The molecule has 5 rings (SSSR count). The SMILES string of the molecule is NC(=O)[C@H]1CN(C(=O)Cn2cnc3scc(-c4cccs4)c3c2=O)c2ccccc2O1. The van der Waals surface area contributed by atoms with E-state index in [0.717, 1.165) is 10.4 Å². The van der Waals surface area contributed by atoms with Crippen molar-refractivity contribution in [2.45, 2.75) is 12.6 Å². The zero-order chi connectivity index (χ0) is 21.5. The molecular weight excluding hydrogens is 436 g/mol. The number of para-hydroxylation sites is 2. The average Bonchev–Trinajstić information content (AvgIpc) is 3.44. The first kappa shape index (κ1) is 19.5. The molecule has 0 fully saturated rings. The minimum Gasteiger partial charge on any atom is -0.477 e. The molecule has 2 amide bonds. The van der Waals surface area contributed by atoms with Crippen LogP contribution in [0.1, 0.15) is 0 Å². The van der Waals surface area contributed by atoms with Gasteiger partial charge in [0.25, 0.3) is 11.5 Å². The Morgan fingerprint density at radius 3 is 2.81 bits per heavy atom. The Morgan fingerprint density at radius 1 is 1.19 bits per heavy atom. The van der Waals surface area contributed by atoms with Crippen molar-refractivity contribution in [1.82, 2.24) is 9.55 Å². The van der Waals surface area contributed by atoms with Crippen LogP contribution < -0.4 is 20.9 Å². The van der Waals surface area contributed by atoms with Gasteiger partial charge in [-0.15, -0.1) is 22.7 Å². The predicted octanol–water partition coefficient (Wildman–Crippen LogP) is 2.47. The van der Waals surface area contributed by atoms with Crippen molar-refractivity contribution in [3.8, 4) is 16.2 Å². The lowest BCUT2D eigenvalue weighted by Gasteiger charge is -2.33. The van der Waals surface area contributed by atoms with E-state index in [1.165, 1.54) is 38.5 Å². The number of carbonyl (C=O) groups excluding carboxylic acids is 2. The fraction of sp³-hybridized carbons (Fsp3) is 0.143. The Morgan fingerprint density at radius 2 is 2.03 bits per heavy atom. The van der Waals surface area contributed by atoms with Gasteiger partial charge < -0.3 is 15.4 Å². The molecule has 1 aliphatic rings. The number of anilines is 1. The number of carbonyl (C=O) groups is 2. The number of thiophene rings is 2. The van der Waals surface area contributed by atoms with Crippen molar-refractivity contribution in [1.29, 1.82) is 0 Å². The van der Waals surface area contributed by atoms with Gasteiger partial charge in [-0.3, -0.25) is 19.0 Å². The lowest BCUT2D eigenvalue weighted by Crippen LogP contribution is -2.50. The van der Waals surface area contributed by atoms with Crippen LogP contribution in [0, 0.1) is 0 Å². The molecule has 156 valence electrons. The number of hydrogen-bond donors (Lipinski definition) is 1. The third-order valence-electron chi connectivity index (χ3n) is 5.05. The highest BCUT2D eigenvalue weighted by Gasteiger charge is 2.32. The molecule has 1 atom stereocenters. The normalized spacial score (nSPS) is 15.5. The molecule has 10 heteroatoms. The Balaban J connectivity index is 1.51. The third kappa shape index (κ3) is 3.39. The third-order valence-corrected chi connectivity index (χ3v) is 6.83. The zero-order valence-electron chi connectivity index (χ0n) is 16.1. The average molecular weight is 453 g/mol. The molecule has 0 bridgehead atoms. The summed E-state index contributed by atoms with van der Waals surface area (Å²) in [6.45, 7) is -0.240. The van der Waals surface area contributed by atoms with Crippen LogP contribution in [0.4, 0.5) is 5.69 Å². The first-order valence-corrected chi connectivity index (χ1v) is 11.1. The van der Waals surface area contributed by atoms with Gasteiger partial charge in [0.05, 0.1) is 23.9 Å². The van der Waals surface area contributed by atoms with Gasteiger partial charge in [-0.25, -0.2) is 4.98 Å². The molecule has 2 N–H and O–H groups in total. The number of fused-ring (bicyclic) bond motifs is 2. The maximum absolute atomic E-state index is 13.2. The van der Waals surface area contributed by atoms with E-state index in [-0.39, 0.29) is 24.6 Å². The number of ether oxygens (including phenoxy) is 1. The molecule has 0 saturated carbocycles. The van der Waals surface area contributed by atoms with Crippen molar-refractivity contribution in [2.24, 2.45) is 5.73 Å². The summed E-state index contributed by atoms with van der Waals surface area (Å²) in [5, 5.41) is 4.36. The maximum Gasteiger partial charge on any atom is 0.263 e. The van der Waals surface area contributed by atoms with E-state index in [9.17, 15) is 14.4 Å². The monoisotopic (exact) mass is 452 g/mol. The van der Waals surface area contributed by atoms with E-state index >= 15 is 0 Å². The predicted molar refractivity (Wildman–Crippen MR) is 120 cm³/mol. The number of primary amides is 1. The zero-order valence-corrected chi connectivity index (χ0v) is 17.7. The maximum atomic E-state index is 13.2. The molecule has 4 aromatic rings. The van der Waals surface area contributed by atoms with Gasteiger partial charge >= 0.3 is 0 Å². The Kier molecular flexibility index (Phi) is 4.79. The van der Waals surface area contributed by atoms with Crippen LogP contribution in [0.25, 0.3) is 20.7 Å².